The van der Waals surface area contributed by atoms with Gasteiger partial charge in [-0.25, -0.2) is 9.59 Å². The van der Waals surface area contributed by atoms with E-state index in [1.807, 2.05) is 25.5 Å². The van der Waals surface area contributed by atoms with Crippen molar-refractivity contribution in [2.45, 2.75) is 46.8 Å². The molecular formula is C13H22N4O3. The lowest BCUT2D eigenvalue weighted by Gasteiger charge is -2.12. The predicted octanol–water partition coefficient (Wildman–Crippen LogP) is 0.881. The van der Waals surface area contributed by atoms with Gasteiger partial charge in [-0.2, -0.15) is 5.10 Å². The van der Waals surface area contributed by atoms with Crippen molar-refractivity contribution in [3.05, 3.63) is 17.0 Å². The van der Waals surface area contributed by atoms with E-state index in [-0.39, 0.29) is 0 Å². The first kappa shape index (κ1) is 16.0. The molecule has 20 heavy (non-hydrogen) atoms. The summed E-state index contributed by atoms with van der Waals surface area (Å²) in [5.41, 5.74) is 2.92. The summed E-state index contributed by atoms with van der Waals surface area (Å²) in [6, 6.07) is -1.09. The minimum atomic E-state index is -0.680. The number of nitrogens with zero attached hydrogens (tertiary/aromatic N) is 2. The Balaban J connectivity index is 2.57. The molecule has 2 N–H and O–H groups in total. The number of aromatic nitrogens is 2. The van der Waals surface area contributed by atoms with Crippen LogP contribution in [0.1, 0.15) is 30.8 Å². The van der Waals surface area contributed by atoms with E-state index >= 15 is 0 Å². The van der Waals surface area contributed by atoms with Crippen LogP contribution in [0.2, 0.25) is 0 Å². The normalized spacial score (nSPS) is 11.8. The average molecular weight is 282 g/mol. The first-order valence-electron chi connectivity index (χ1n) is 6.55. The molecule has 7 heteroatoms. The van der Waals surface area contributed by atoms with Gasteiger partial charge in [0.15, 0.2) is 0 Å². The Morgan fingerprint density at radius 1 is 1.40 bits per heavy atom. The van der Waals surface area contributed by atoms with Crippen LogP contribution in [0.3, 0.4) is 0 Å². The summed E-state index contributed by atoms with van der Waals surface area (Å²) in [4.78, 5) is 22.9. The number of methoxy groups -OCH3 is 1. The third kappa shape index (κ3) is 3.72. The van der Waals surface area contributed by atoms with Crippen molar-refractivity contribution in [2.24, 2.45) is 0 Å². The summed E-state index contributed by atoms with van der Waals surface area (Å²) in [6.07, 6.45) is 0. The Morgan fingerprint density at radius 3 is 2.55 bits per heavy atom. The Bertz CT molecular complexity index is 496. The summed E-state index contributed by atoms with van der Waals surface area (Å²) >= 11 is 0. The maximum Gasteiger partial charge on any atom is 0.328 e. The molecule has 0 fully saturated rings. The van der Waals surface area contributed by atoms with Gasteiger partial charge in [0.25, 0.3) is 0 Å². The van der Waals surface area contributed by atoms with Crippen molar-refractivity contribution >= 4 is 12.0 Å². The van der Waals surface area contributed by atoms with Gasteiger partial charge in [0, 0.05) is 24.3 Å². The minimum absolute atomic E-state index is 0.372. The highest BCUT2D eigenvalue weighted by atomic mass is 16.5. The van der Waals surface area contributed by atoms with Crippen LogP contribution in [0.4, 0.5) is 4.79 Å². The van der Waals surface area contributed by atoms with E-state index in [2.05, 4.69) is 20.5 Å². The highest BCUT2D eigenvalue weighted by Crippen LogP contribution is 2.12. The molecule has 0 radical (unpaired) electrons. The van der Waals surface area contributed by atoms with Crippen molar-refractivity contribution in [1.29, 1.82) is 0 Å². The van der Waals surface area contributed by atoms with Crippen LogP contribution >= 0.6 is 0 Å². The Kier molecular flexibility index (Phi) is 5.54. The van der Waals surface area contributed by atoms with Gasteiger partial charge in [-0.1, -0.05) is 0 Å². The van der Waals surface area contributed by atoms with Gasteiger partial charge in [-0.3, -0.25) is 4.68 Å². The van der Waals surface area contributed by atoms with E-state index < -0.39 is 18.0 Å². The smallest absolute Gasteiger partial charge is 0.328 e. The molecule has 1 heterocycles. The van der Waals surface area contributed by atoms with Gasteiger partial charge in [-0.15, -0.1) is 0 Å². The molecule has 1 aromatic heterocycles. The zero-order chi connectivity index (χ0) is 15.3. The van der Waals surface area contributed by atoms with Crippen molar-refractivity contribution < 1.29 is 14.3 Å². The first-order valence-corrected chi connectivity index (χ1v) is 6.55. The largest absolute Gasteiger partial charge is 0.467 e. The SMILES string of the molecule is CCn1nc(C)c(CNC(=O)N[C@@H](C)C(=O)OC)c1C. The summed E-state index contributed by atoms with van der Waals surface area (Å²) in [6.45, 7) is 8.62. The van der Waals surface area contributed by atoms with Gasteiger partial charge in [0.2, 0.25) is 0 Å². The Morgan fingerprint density at radius 2 is 2.05 bits per heavy atom. The van der Waals surface area contributed by atoms with Crippen LogP contribution in [0.25, 0.3) is 0 Å². The molecule has 1 aromatic rings. The van der Waals surface area contributed by atoms with Crippen LogP contribution in [0.15, 0.2) is 0 Å². The van der Waals surface area contributed by atoms with Crippen LogP contribution in [0, 0.1) is 13.8 Å². The fourth-order valence-corrected chi connectivity index (χ4v) is 1.95. The number of amides is 2. The molecule has 0 saturated heterocycles. The summed E-state index contributed by atoms with van der Waals surface area (Å²) in [5, 5.41) is 9.61. The number of urea groups is 1. The van der Waals surface area contributed by atoms with E-state index in [1.165, 1.54) is 7.11 Å². The molecular weight excluding hydrogens is 260 g/mol. The molecule has 1 atom stereocenters. The molecule has 0 bridgehead atoms. The van der Waals surface area contributed by atoms with Crippen LogP contribution in [0.5, 0.6) is 0 Å². The maximum absolute atomic E-state index is 11.7. The fraction of sp³-hybridized carbons (Fsp3) is 0.615. The number of esters is 1. The Labute approximate surface area is 118 Å². The second-order valence-electron chi connectivity index (χ2n) is 4.54. The number of ether oxygens (including phenoxy) is 1. The average Bonchev–Trinajstić information content (AvgIpc) is 2.70. The number of rotatable bonds is 5. The first-order chi connectivity index (χ1) is 9.40. The standard InChI is InChI=1S/C13H22N4O3/c1-6-17-10(4)11(8(2)16-17)7-14-13(19)15-9(3)12(18)20-5/h9H,6-7H2,1-5H3,(H2,14,15,19)/t9-/m0/s1. The molecule has 0 aromatic carbocycles. The number of hydrogen-bond donors (Lipinski definition) is 2. The minimum Gasteiger partial charge on any atom is -0.467 e. The lowest BCUT2D eigenvalue weighted by atomic mass is 10.2. The van der Waals surface area contributed by atoms with E-state index in [1.54, 1.807) is 6.92 Å². The molecule has 1 rings (SSSR count). The molecule has 112 valence electrons. The summed E-state index contributed by atoms with van der Waals surface area (Å²) in [5.74, 6) is -0.480. The van der Waals surface area contributed by atoms with Crippen molar-refractivity contribution in [1.82, 2.24) is 20.4 Å². The van der Waals surface area contributed by atoms with E-state index in [0.717, 1.165) is 23.5 Å². The van der Waals surface area contributed by atoms with E-state index in [9.17, 15) is 9.59 Å². The Hall–Kier alpha value is -2.05. The highest BCUT2D eigenvalue weighted by Gasteiger charge is 2.16. The lowest BCUT2D eigenvalue weighted by Crippen LogP contribution is -2.44. The molecule has 7 nitrogen and oxygen atoms in total. The lowest BCUT2D eigenvalue weighted by molar-refractivity contribution is -0.142. The molecule has 0 aliphatic rings. The van der Waals surface area contributed by atoms with Crippen LogP contribution in [-0.2, 0) is 22.6 Å². The van der Waals surface area contributed by atoms with Gasteiger partial charge >= 0.3 is 12.0 Å². The zero-order valence-electron chi connectivity index (χ0n) is 12.6. The molecule has 0 unspecified atom stereocenters. The monoisotopic (exact) mass is 282 g/mol. The highest BCUT2D eigenvalue weighted by molar-refractivity contribution is 5.83. The van der Waals surface area contributed by atoms with Crippen molar-refractivity contribution in [2.75, 3.05) is 7.11 Å². The summed E-state index contributed by atoms with van der Waals surface area (Å²) in [7, 11) is 1.28. The zero-order valence-corrected chi connectivity index (χ0v) is 12.6. The second-order valence-corrected chi connectivity index (χ2v) is 4.54. The number of carbonyl (C=O) groups is 2. The fourth-order valence-electron chi connectivity index (χ4n) is 1.95. The van der Waals surface area contributed by atoms with Crippen LogP contribution < -0.4 is 10.6 Å². The maximum atomic E-state index is 11.7. The molecule has 0 aliphatic heterocycles. The summed E-state index contributed by atoms with van der Waals surface area (Å²) < 4.78 is 6.43. The quantitative estimate of drug-likeness (QED) is 0.785. The number of carbonyl (C=O) groups excluding carboxylic acids is 2. The topological polar surface area (TPSA) is 85.3 Å². The third-order valence-electron chi connectivity index (χ3n) is 3.16. The van der Waals surface area contributed by atoms with E-state index in [4.69, 9.17) is 0 Å². The molecule has 2 amide bonds. The number of hydrogen-bond acceptors (Lipinski definition) is 4. The van der Waals surface area contributed by atoms with Gasteiger partial charge < -0.3 is 15.4 Å². The van der Waals surface area contributed by atoms with Crippen molar-refractivity contribution in [3.8, 4) is 0 Å². The van der Waals surface area contributed by atoms with Gasteiger partial charge in [-0.05, 0) is 27.7 Å². The molecule has 0 aliphatic carbocycles. The van der Waals surface area contributed by atoms with Crippen LogP contribution in [-0.4, -0.2) is 34.9 Å². The second kappa shape index (κ2) is 6.93. The van der Waals surface area contributed by atoms with Crippen molar-refractivity contribution in [3.63, 3.8) is 0 Å². The van der Waals surface area contributed by atoms with E-state index in [0.29, 0.717) is 6.54 Å². The van der Waals surface area contributed by atoms with Gasteiger partial charge in [0.1, 0.15) is 6.04 Å². The number of aryl methyl sites for hydroxylation is 2. The third-order valence-corrected chi connectivity index (χ3v) is 3.16. The van der Waals surface area contributed by atoms with Gasteiger partial charge in [0.05, 0.1) is 12.8 Å². The predicted molar refractivity (Wildman–Crippen MR) is 74.2 cm³/mol. The number of nitrogens with one attached hydrogen (secondary N) is 2. The molecule has 0 spiro atoms. The molecule has 0 saturated carbocycles.